The van der Waals surface area contributed by atoms with Crippen LogP contribution in [0.2, 0.25) is 5.02 Å². The van der Waals surface area contributed by atoms with Gasteiger partial charge < -0.3 is 11.1 Å². The standard InChI is InChI=1S/C11H8BrClFN3/c12-6-2-1-3-8(14)10(6)17-11-7(13)4-16-5-9(11)15/h1-5H,15H2,(H,16,17). The van der Waals surface area contributed by atoms with Gasteiger partial charge in [0.2, 0.25) is 0 Å². The van der Waals surface area contributed by atoms with Crippen molar-refractivity contribution >= 4 is 44.6 Å². The lowest BCUT2D eigenvalue weighted by Gasteiger charge is -2.12. The Hall–Kier alpha value is -1.33. The summed E-state index contributed by atoms with van der Waals surface area (Å²) in [6.07, 6.45) is 2.89. The lowest BCUT2D eigenvalue weighted by atomic mass is 10.2. The average molecular weight is 317 g/mol. The minimum absolute atomic E-state index is 0.285. The van der Waals surface area contributed by atoms with E-state index < -0.39 is 5.82 Å². The maximum atomic E-state index is 13.6. The Morgan fingerprint density at radius 2 is 2.06 bits per heavy atom. The Labute approximate surface area is 111 Å². The number of nitrogens with two attached hydrogens (primary N) is 1. The maximum absolute atomic E-state index is 13.6. The van der Waals surface area contributed by atoms with Gasteiger partial charge in [0, 0.05) is 10.7 Å². The van der Waals surface area contributed by atoms with E-state index in [1.165, 1.54) is 18.5 Å². The molecule has 0 aliphatic carbocycles. The summed E-state index contributed by atoms with van der Waals surface area (Å²) in [4.78, 5) is 3.83. The molecule has 0 fully saturated rings. The lowest BCUT2D eigenvalue weighted by molar-refractivity contribution is 0.631. The zero-order valence-electron chi connectivity index (χ0n) is 8.55. The first-order chi connectivity index (χ1) is 8.09. The van der Waals surface area contributed by atoms with E-state index in [9.17, 15) is 4.39 Å². The van der Waals surface area contributed by atoms with Crippen LogP contribution in [0.25, 0.3) is 0 Å². The number of nitrogen functional groups attached to an aromatic ring is 1. The molecule has 0 amide bonds. The number of aromatic nitrogens is 1. The molecule has 0 aliphatic heterocycles. The van der Waals surface area contributed by atoms with E-state index >= 15 is 0 Å². The molecule has 0 spiro atoms. The molecule has 0 aliphatic rings. The van der Waals surface area contributed by atoms with E-state index in [0.29, 0.717) is 20.9 Å². The first-order valence-corrected chi connectivity index (χ1v) is 5.86. The molecule has 1 aromatic heterocycles. The van der Waals surface area contributed by atoms with Crippen LogP contribution in [-0.4, -0.2) is 4.98 Å². The van der Waals surface area contributed by atoms with E-state index in [-0.39, 0.29) is 5.69 Å². The molecule has 0 bridgehead atoms. The number of pyridine rings is 1. The third kappa shape index (κ3) is 2.50. The first kappa shape index (κ1) is 12.1. The average Bonchev–Trinajstić information content (AvgIpc) is 2.27. The molecule has 0 saturated heterocycles. The number of halogens is 3. The third-order valence-electron chi connectivity index (χ3n) is 2.14. The van der Waals surface area contributed by atoms with Gasteiger partial charge in [-0.05, 0) is 28.1 Å². The quantitative estimate of drug-likeness (QED) is 0.881. The van der Waals surface area contributed by atoms with Crippen LogP contribution in [-0.2, 0) is 0 Å². The van der Waals surface area contributed by atoms with Gasteiger partial charge in [-0.15, -0.1) is 0 Å². The fraction of sp³-hybridized carbons (Fsp3) is 0. The predicted octanol–water partition coefficient (Wildman–Crippen LogP) is 3.96. The molecule has 2 rings (SSSR count). The summed E-state index contributed by atoms with van der Waals surface area (Å²) < 4.78 is 14.2. The largest absolute Gasteiger partial charge is 0.396 e. The van der Waals surface area contributed by atoms with E-state index in [4.69, 9.17) is 17.3 Å². The van der Waals surface area contributed by atoms with Crippen LogP contribution in [0.4, 0.5) is 21.5 Å². The number of nitrogens with one attached hydrogen (secondary N) is 1. The molecule has 1 heterocycles. The summed E-state index contributed by atoms with van der Waals surface area (Å²) in [5, 5.41) is 3.19. The van der Waals surface area contributed by atoms with E-state index in [1.54, 1.807) is 12.1 Å². The summed E-state index contributed by atoms with van der Waals surface area (Å²) >= 11 is 9.19. The fourth-order valence-corrected chi connectivity index (χ4v) is 1.98. The van der Waals surface area contributed by atoms with E-state index in [0.717, 1.165) is 0 Å². The van der Waals surface area contributed by atoms with Crippen molar-refractivity contribution in [3.63, 3.8) is 0 Å². The van der Waals surface area contributed by atoms with Gasteiger partial charge in [-0.3, -0.25) is 4.98 Å². The molecule has 0 radical (unpaired) electrons. The molecule has 0 atom stereocenters. The number of nitrogens with zero attached hydrogens (tertiary/aromatic N) is 1. The van der Waals surface area contributed by atoms with Crippen molar-refractivity contribution in [1.82, 2.24) is 4.98 Å². The molecular formula is C11H8BrClFN3. The Morgan fingerprint density at radius 1 is 1.29 bits per heavy atom. The van der Waals surface area contributed by atoms with Crippen LogP contribution in [0, 0.1) is 5.82 Å². The molecule has 17 heavy (non-hydrogen) atoms. The number of anilines is 3. The topological polar surface area (TPSA) is 50.9 Å². The highest BCUT2D eigenvalue weighted by Crippen LogP contribution is 2.34. The SMILES string of the molecule is Nc1cncc(Cl)c1Nc1c(F)cccc1Br. The molecule has 2 aromatic rings. The zero-order chi connectivity index (χ0) is 12.4. The Balaban J connectivity index is 2.45. The van der Waals surface area contributed by atoms with Crippen LogP contribution < -0.4 is 11.1 Å². The third-order valence-corrected chi connectivity index (χ3v) is 3.09. The van der Waals surface area contributed by atoms with Gasteiger partial charge in [-0.2, -0.15) is 0 Å². The van der Waals surface area contributed by atoms with Crippen molar-refractivity contribution in [2.75, 3.05) is 11.1 Å². The van der Waals surface area contributed by atoms with Gasteiger partial charge in [0.25, 0.3) is 0 Å². The summed E-state index contributed by atoms with van der Waals surface area (Å²) in [6.45, 7) is 0. The number of benzene rings is 1. The van der Waals surface area contributed by atoms with Crippen molar-refractivity contribution in [3.8, 4) is 0 Å². The molecule has 0 unspecified atom stereocenters. The van der Waals surface area contributed by atoms with Crippen LogP contribution in [0.3, 0.4) is 0 Å². The summed E-state index contributed by atoms with van der Waals surface area (Å²) in [5.74, 6) is -0.397. The summed E-state index contributed by atoms with van der Waals surface area (Å²) in [5.41, 5.74) is 6.80. The summed E-state index contributed by atoms with van der Waals surface area (Å²) in [7, 11) is 0. The Kier molecular flexibility index (Phi) is 3.49. The van der Waals surface area contributed by atoms with Gasteiger partial charge in [-0.25, -0.2) is 4.39 Å². The monoisotopic (exact) mass is 315 g/mol. The van der Waals surface area contributed by atoms with Crippen LogP contribution in [0.5, 0.6) is 0 Å². The fourth-order valence-electron chi connectivity index (χ4n) is 1.32. The van der Waals surface area contributed by atoms with Gasteiger partial charge >= 0.3 is 0 Å². The molecular weight excluding hydrogens is 308 g/mol. The van der Waals surface area contributed by atoms with Gasteiger partial charge in [-0.1, -0.05) is 17.7 Å². The van der Waals surface area contributed by atoms with Gasteiger partial charge in [0.05, 0.1) is 28.3 Å². The molecule has 0 saturated carbocycles. The van der Waals surface area contributed by atoms with Crippen molar-refractivity contribution in [2.45, 2.75) is 0 Å². The number of para-hydroxylation sites is 1. The van der Waals surface area contributed by atoms with Crippen LogP contribution >= 0.6 is 27.5 Å². The Morgan fingerprint density at radius 3 is 2.71 bits per heavy atom. The van der Waals surface area contributed by atoms with Crippen molar-refractivity contribution < 1.29 is 4.39 Å². The second kappa shape index (κ2) is 4.89. The van der Waals surface area contributed by atoms with E-state index in [1.807, 2.05) is 0 Å². The molecule has 88 valence electrons. The lowest BCUT2D eigenvalue weighted by Crippen LogP contribution is -2.00. The van der Waals surface area contributed by atoms with Crippen LogP contribution in [0.1, 0.15) is 0 Å². The number of rotatable bonds is 2. The second-order valence-electron chi connectivity index (χ2n) is 3.31. The van der Waals surface area contributed by atoms with E-state index in [2.05, 4.69) is 26.2 Å². The smallest absolute Gasteiger partial charge is 0.147 e. The zero-order valence-corrected chi connectivity index (χ0v) is 10.9. The molecule has 3 N–H and O–H groups in total. The van der Waals surface area contributed by atoms with Crippen molar-refractivity contribution in [3.05, 3.63) is 45.9 Å². The number of hydrogen-bond acceptors (Lipinski definition) is 3. The van der Waals surface area contributed by atoms with Gasteiger partial charge in [0.1, 0.15) is 5.82 Å². The van der Waals surface area contributed by atoms with Crippen LogP contribution in [0.15, 0.2) is 35.1 Å². The second-order valence-corrected chi connectivity index (χ2v) is 4.57. The highest BCUT2D eigenvalue weighted by atomic mass is 79.9. The minimum atomic E-state index is -0.397. The molecule has 1 aromatic carbocycles. The number of hydrogen-bond donors (Lipinski definition) is 2. The molecule has 3 nitrogen and oxygen atoms in total. The highest BCUT2D eigenvalue weighted by molar-refractivity contribution is 9.10. The predicted molar refractivity (Wildman–Crippen MR) is 71.0 cm³/mol. The summed E-state index contributed by atoms with van der Waals surface area (Å²) in [6, 6.07) is 4.66. The normalized spacial score (nSPS) is 10.3. The molecule has 6 heteroatoms. The van der Waals surface area contributed by atoms with Crippen molar-refractivity contribution in [1.29, 1.82) is 0 Å². The van der Waals surface area contributed by atoms with Crippen molar-refractivity contribution in [2.24, 2.45) is 0 Å². The maximum Gasteiger partial charge on any atom is 0.147 e. The first-order valence-electron chi connectivity index (χ1n) is 4.69. The minimum Gasteiger partial charge on any atom is -0.396 e. The Bertz CT molecular complexity index is 472. The highest BCUT2D eigenvalue weighted by Gasteiger charge is 2.11. The van der Waals surface area contributed by atoms with Gasteiger partial charge in [0.15, 0.2) is 0 Å².